The molecule has 78 valence electrons. The van der Waals surface area contributed by atoms with Crippen molar-refractivity contribution in [1.29, 1.82) is 0 Å². The summed E-state index contributed by atoms with van der Waals surface area (Å²) in [6.07, 6.45) is -1.05. The lowest BCUT2D eigenvalue weighted by Crippen LogP contribution is -2.11. The van der Waals surface area contributed by atoms with Crippen molar-refractivity contribution >= 4 is 11.3 Å². The summed E-state index contributed by atoms with van der Waals surface area (Å²) < 4.78 is 36.6. The molecule has 14 heavy (non-hydrogen) atoms. The van der Waals surface area contributed by atoms with Crippen LogP contribution < -0.4 is 5.32 Å². The molecule has 0 bridgehead atoms. The quantitative estimate of drug-likeness (QED) is 0.790. The van der Waals surface area contributed by atoms with Gasteiger partial charge in [-0.25, -0.2) is 4.98 Å². The summed E-state index contributed by atoms with van der Waals surface area (Å²) in [5.74, 6) is 0. The van der Waals surface area contributed by atoms with Crippen LogP contribution in [-0.2, 0) is 6.18 Å². The molecule has 1 aromatic heterocycles. The Kier molecular flexibility index (Phi) is 2.48. The van der Waals surface area contributed by atoms with Crippen molar-refractivity contribution in [3.05, 3.63) is 16.1 Å². The maximum Gasteiger partial charge on any atom is 0.443 e. The van der Waals surface area contributed by atoms with Crippen LogP contribution in [0.2, 0.25) is 0 Å². The Hall–Kier alpha value is -0.620. The number of halogens is 3. The molecule has 2 rings (SSSR count). The second kappa shape index (κ2) is 3.51. The highest BCUT2D eigenvalue weighted by Crippen LogP contribution is 2.36. The molecule has 1 aliphatic heterocycles. The standard InChI is InChI=1S/C8H9F3N2S/c9-8(10,11)7-13-4-6(14-7)5-2-1-3-12-5/h4-5,12H,1-3H2. The van der Waals surface area contributed by atoms with Gasteiger partial charge in [-0.15, -0.1) is 11.3 Å². The van der Waals surface area contributed by atoms with Gasteiger partial charge in [0, 0.05) is 17.1 Å². The molecule has 1 fully saturated rings. The molecule has 0 saturated carbocycles. The fourth-order valence-electron chi connectivity index (χ4n) is 1.51. The van der Waals surface area contributed by atoms with E-state index >= 15 is 0 Å². The van der Waals surface area contributed by atoms with E-state index < -0.39 is 11.2 Å². The van der Waals surface area contributed by atoms with Crippen LogP contribution in [-0.4, -0.2) is 11.5 Å². The number of rotatable bonds is 1. The van der Waals surface area contributed by atoms with Gasteiger partial charge in [-0.2, -0.15) is 13.2 Å². The Morgan fingerprint density at radius 1 is 1.50 bits per heavy atom. The van der Waals surface area contributed by atoms with Gasteiger partial charge in [0.15, 0.2) is 5.01 Å². The first-order chi connectivity index (χ1) is 6.57. The maximum atomic E-state index is 12.2. The summed E-state index contributed by atoms with van der Waals surface area (Å²) in [5.41, 5.74) is 0. The number of aromatic nitrogens is 1. The highest BCUT2D eigenvalue weighted by atomic mass is 32.1. The van der Waals surface area contributed by atoms with Crippen LogP contribution in [0.25, 0.3) is 0 Å². The van der Waals surface area contributed by atoms with E-state index in [-0.39, 0.29) is 6.04 Å². The van der Waals surface area contributed by atoms with Crippen molar-refractivity contribution < 1.29 is 13.2 Å². The van der Waals surface area contributed by atoms with Crippen molar-refractivity contribution in [1.82, 2.24) is 10.3 Å². The lowest BCUT2D eigenvalue weighted by Gasteiger charge is -2.05. The molecular weight excluding hydrogens is 213 g/mol. The van der Waals surface area contributed by atoms with Crippen molar-refractivity contribution in [2.45, 2.75) is 25.1 Å². The molecule has 1 unspecified atom stereocenters. The van der Waals surface area contributed by atoms with Crippen LogP contribution in [0.4, 0.5) is 13.2 Å². The second-order valence-corrected chi connectivity index (χ2v) is 4.28. The maximum absolute atomic E-state index is 12.2. The monoisotopic (exact) mass is 222 g/mol. The zero-order valence-electron chi connectivity index (χ0n) is 7.27. The molecule has 1 aromatic rings. The number of alkyl halides is 3. The molecule has 0 radical (unpaired) electrons. The van der Waals surface area contributed by atoms with Crippen molar-refractivity contribution in [3.8, 4) is 0 Å². The number of thiazole rings is 1. The van der Waals surface area contributed by atoms with Crippen molar-refractivity contribution in [2.75, 3.05) is 6.54 Å². The number of nitrogens with one attached hydrogen (secondary N) is 1. The van der Waals surface area contributed by atoms with E-state index in [2.05, 4.69) is 10.3 Å². The van der Waals surface area contributed by atoms with E-state index in [0.717, 1.165) is 30.7 Å². The average molecular weight is 222 g/mol. The van der Waals surface area contributed by atoms with E-state index in [9.17, 15) is 13.2 Å². The molecule has 6 heteroatoms. The van der Waals surface area contributed by atoms with Crippen LogP contribution in [0.15, 0.2) is 6.20 Å². The summed E-state index contributed by atoms with van der Waals surface area (Å²) in [4.78, 5) is 4.08. The molecule has 2 nitrogen and oxygen atoms in total. The fourth-order valence-corrected chi connectivity index (χ4v) is 2.40. The van der Waals surface area contributed by atoms with Gasteiger partial charge in [0.05, 0.1) is 0 Å². The van der Waals surface area contributed by atoms with Crippen LogP contribution >= 0.6 is 11.3 Å². The van der Waals surface area contributed by atoms with E-state index in [1.165, 1.54) is 6.20 Å². The summed E-state index contributed by atoms with van der Waals surface area (Å²) in [6, 6.07) is 0.0728. The third-order valence-electron chi connectivity index (χ3n) is 2.17. The van der Waals surface area contributed by atoms with E-state index in [1.807, 2.05) is 0 Å². The van der Waals surface area contributed by atoms with Crippen LogP contribution in [0.3, 0.4) is 0 Å². The van der Waals surface area contributed by atoms with Gasteiger partial charge in [-0.3, -0.25) is 0 Å². The Morgan fingerprint density at radius 2 is 2.29 bits per heavy atom. The molecule has 0 amide bonds. The number of hydrogen-bond donors (Lipinski definition) is 1. The van der Waals surface area contributed by atoms with Crippen LogP contribution in [0.5, 0.6) is 0 Å². The van der Waals surface area contributed by atoms with E-state index in [0.29, 0.717) is 4.88 Å². The lowest BCUT2D eigenvalue weighted by molar-refractivity contribution is -0.137. The van der Waals surface area contributed by atoms with Gasteiger partial charge >= 0.3 is 6.18 Å². The molecule has 0 spiro atoms. The first kappa shape index (κ1) is 9.92. The zero-order chi connectivity index (χ0) is 10.2. The third-order valence-corrected chi connectivity index (χ3v) is 3.33. The summed E-state index contributed by atoms with van der Waals surface area (Å²) in [5, 5.41) is 2.39. The first-order valence-corrected chi connectivity index (χ1v) is 5.15. The minimum atomic E-state index is -4.30. The predicted molar refractivity (Wildman–Crippen MR) is 47.1 cm³/mol. The van der Waals surface area contributed by atoms with E-state index in [4.69, 9.17) is 0 Å². The van der Waals surface area contributed by atoms with Crippen molar-refractivity contribution in [3.63, 3.8) is 0 Å². The molecule has 1 N–H and O–H groups in total. The summed E-state index contributed by atoms with van der Waals surface area (Å²) in [6.45, 7) is 0.879. The Labute approximate surface area is 83.2 Å². The third kappa shape index (κ3) is 1.90. The smallest absolute Gasteiger partial charge is 0.309 e. The van der Waals surface area contributed by atoms with Gasteiger partial charge in [-0.05, 0) is 19.4 Å². The number of hydrogen-bond acceptors (Lipinski definition) is 3. The van der Waals surface area contributed by atoms with Crippen LogP contribution in [0.1, 0.15) is 28.8 Å². The molecule has 1 atom stereocenters. The first-order valence-electron chi connectivity index (χ1n) is 4.33. The summed E-state index contributed by atoms with van der Waals surface area (Å²) >= 11 is 0.738. The zero-order valence-corrected chi connectivity index (χ0v) is 8.08. The minimum Gasteiger partial charge on any atom is -0.309 e. The van der Waals surface area contributed by atoms with Gasteiger partial charge in [0.25, 0.3) is 0 Å². The molecule has 0 aliphatic carbocycles. The topological polar surface area (TPSA) is 24.9 Å². The fraction of sp³-hybridized carbons (Fsp3) is 0.625. The van der Waals surface area contributed by atoms with Crippen LogP contribution in [0, 0.1) is 0 Å². The van der Waals surface area contributed by atoms with Gasteiger partial charge in [0.2, 0.25) is 0 Å². The van der Waals surface area contributed by atoms with Crippen molar-refractivity contribution in [2.24, 2.45) is 0 Å². The molecule has 1 saturated heterocycles. The SMILES string of the molecule is FC(F)(F)c1ncc(C2CCCN2)s1. The Morgan fingerprint density at radius 3 is 2.79 bits per heavy atom. The average Bonchev–Trinajstić information content (AvgIpc) is 2.73. The largest absolute Gasteiger partial charge is 0.443 e. The Balaban J connectivity index is 2.17. The van der Waals surface area contributed by atoms with Gasteiger partial charge in [0.1, 0.15) is 0 Å². The Bertz CT molecular complexity index is 315. The lowest BCUT2D eigenvalue weighted by atomic mass is 10.2. The molecular formula is C8H9F3N2S. The summed E-state index contributed by atoms with van der Waals surface area (Å²) in [7, 11) is 0. The normalized spacial score (nSPS) is 22.9. The van der Waals surface area contributed by atoms with Gasteiger partial charge < -0.3 is 5.32 Å². The van der Waals surface area contributed by atoms with Gasteiger partial charge in [-0.1, -0.05) is 0 Å². The molecule has 0 aromatic carbocycles. The van der Waals surface area contributed by atoms with E-state index in [1.54, 1.807) is 0 Å². The second-order valence-electron chi connectivity index (χ2n) is 3.21. The minimum absolute atomic E-state index is 0.0728. The molecule has 2 heterocycles. The molecule has 1 aliphatic rings. The number of nitrogens with zero attached hydrogens (tertiary/aromatic N) is 1. The highest BCUT2D eigenvalue weighted by molar-refractivity contribution is 7.11. The highest BCUT2D eigenvalue weighted by Gasteiger charge is 2.35. The predicted octanol–water partition coefficient (Wildman–Crippen LogP) is 2.59.